The van der Waals surface area contributed by atoms with Crippen LogP contribution < -0.4 is 5.32 Å². The Morgan fingerprint density at radius 2 is 1.72 bits per heavy atom. The topological polar surface area (TPSA) is 113 Å². The van der Waals surface area contributed by atoms with Crippen LogP contribution in [0.25, 0.3) is 0 Å². The molecular weight excluding hydrogens is 372 g/mol. The standard InChI is InChI=1S/C22H28N2O5/c1-14(16-5-3-2-4-6-16)23-22(29)17-9-7-15(8-10-17)11-24-12-19(26)21(28)20(27)18(24)13-25/h2-10,14,18-21,25-28H,11-13H2,1H3,(H,23,29)/t14?,18-,19-,20+,21+/m0/s1. The van der Waals surface area contributed by atoms with E-state index in [4.69, 9.17) is 0 Å². The number of benzene rings is 2. The van der Waals surface area contributed by atoms with E-state index < -0.39 is 24.4 Å². The number of rotatable bonds is 6. The van der Waals surface area contributed by atoms with Crippen molar-refractivity contribution >= 4 is 5.91 Å². The number of carbonyl (C=O) groups excluding carboxylic acids is 1. The SMILES string of the molecule is CC(NC(=O)c1ccc(CN2C[C@H](O)[C@@H](O)[C@H](O)[C@@H]2CO)cc1)c1ccccc1. The molecule has 29 heavy (non-hydrogen) atoms. The van der Waals surface area contributed by atoms with Crippen LogP contribution in [0.3, 0.4) is 0 Å². The monoisotopic (exact) mass is 400 g/mol. The van der Waals surface area contributed by atoms with Crippen LogP contribution in [0.2, 0.25) is 0 Å². The molecule has 2 aromatic rings. The average Bonchev–Trinajstić information content (AvgIpc) is 2.73. The molecule has 1 fully saturated rings. The molecule has 1 heterocycles. The van der Waals surface area contributed by atoms with Crippen molar-refractivity contribution in [3.63, 3.8) is 0 Å². The van der Waals surface area contributed by atoms with Crippen molar-refractivity contribution < 1.29 is 25.2 Å². The number of piperidine rings is 1. The van der Waals surface area contributed by atoms with Crippen LogP contribution in [-0.4, -0.2) is 68.7 Å². The van der Waals surface area contributed by atoms with E-state index in [2.05, 4.69) is 5.32 Å². The van der Waals surface area contributed by atoms with Gasteiger partial charge in [0.1, 0.15) is 12.2 Å². The Morgan fingerprint density at radius 3 is 2.34 bits per heavy atom. The average molecular weight is 400 g/mol. The summed E-state index contributed by atoms with van der Waals surface area (Å²) in [5.41, 5.74) is 2.42. The van der Waals surface area contributed by atoms with Crippen molar-refractivity contribution in [3.8, 4) is 0 Å². The molecule has 1 amide bonds. The van der Waals surface area contributed by atoms with Gasteiger partial charge in [0, 0.05) is 18.7 Å². The number of amides is 1. The highest BCUT2D eigenvalue weighted by Gasteiger charge is 2.40. The molecule has 7 nitrogen and oxygen atoms in total. The number of likely N-dealkylation sites (tertiary alicyclic amines) is 1. The van der Waals surface area contributed by atoms with E-state index in [1.807, 2.05) is 37.3 Å². The molecule has 0 spiro atoms. The van der Waals surface area contributed by atoms with Gasteiger partial charge in [0.15, 0.2) is 0 Å². The second-order valence-electron chi connectivity index (χ2n) is 7.53. The maximum absolute atomic E-state index is 12.5. The predicted molar refractivity (Wildman–Crippen MR) is 108 cm³/mol. The first-order valence-corrected chi connectivity index (χ1v) is 9.74. The maximum atomic E-state index is 12.5. The Hall–Kier alpha value is -2.29. The minimum Gasteiger partial charge on any atom is -0.395 e. The third-order valence-electron chi connectivity index (χ3n) is 5.46. The van der Waals surface area contributed by atoms with Crippen LogP contribution in [0.5, 0.6) is 0 Å². The molecule has 3 rings (SSSR count). The quantitative estimate of drug-likeness (QED) is 0.481. The lowest BCUT2D eigenvalue weighted by Crippen LogP contribution is -2.62. The molecule has 5 N–H and O–H groups in total. The molecule has 0 aliphatic carbocycles. The minimum atomic E-state index is -1.28. The van der Waals surface area contributed by atoms with Gasteiger partial charge in [0.2, 0.25) is 0 Å². The van der Waals surface area contributed by atoms with Crippen LogP contribution in [0.1, 0.15) is 34.5 Å². The van der Waals surface area contributed by atoms with E-state index in [9.17, 15) is 25.2 Å². The molecule has 1 aliphatic heterocycles. The summed E-state index contributed by atoms with van der Waals surface area (Å²) in [6, 6.07) is 16.0. The zero-order chi connectivity index (χ0) is 21.0. The fraction of sp³-hybridized carbons (Fsp3) is 0.409. The number of aliphatic hydroxyl groups excluding tert-OH is 4. The molecule has 5 atom stereocenters. The van der Waals surface area contributed by atoms with Crippen molar-refractivity contribution in [1.82, 2.24) is 10.2 Å². The van der Waals surface area contributed by atoms with Gasteiger partial charge in [-0.2, -0.15) is 0 Å². The normalized spacial score (nSPS) is 26.1. The number of carbonyl (C=O) groups is 1. The van der Waals surface area contributed by atoms with E-state index in [0.717, 1.165) is 11.1 Å². The number of aliphatic hydroxyl groups is 4. The number of nitrogens with zero attached hydrogens (tertiary/aromatic N) is 1. The summed E-state index contributed by atoms with van der Waals surface area (Å²) in [6.07, 6.45) is -3.59. The van der Waals surface area contributed by atoms with Gasteiger partial charge in [0.25, 0.3) is 5.91 Å². The summed E-state index contributed by atoms with van der Waals surface area (Å²) in [6.45, 7) is 2.11. The van der Waals surface area contributed by atoms with Gasteiger partial charge in [-0.15, -0.1) is 0 Å². The predicted octanol–water partition coefficient (Wildman–Crippen LogP) is 0.437. The van der Waals surface area contributed by atoms with Crippen molar-refractivity contribution in [2.24, 2.45) is 0 Å². The number of hydrogen-bond donors (Lipinski definition) is 5. The molecule has 2 aromatic carbocycles. The second kappa shape index (κ2) is 9.47. The second-order valence-corrected chi connectivity index (χ2v) is 7.53. The van der Waals surface area contributed by atoms with Crippen LogP contribution in [-0.2, 0) is 6.54 Å². The molecule has 1 saturated heterocycles. The van der Waals surface area contributed by atoms with Crippen molar-refractivity contribution in [3.05, 3.63) is 71.3 Å². The third-order valence-corrected chi connectivity index (χ3v) is 5.46. The Bertz CT molecular complexity index is 799. The van der Waals surface area contributed by atoms with Crippen LogP contribution in [0.15, 0.2) is 54.6 Å². The van der Waals surface area contributed by atoms with Crippen molar-refractivity contribution in [2.45, 2.75) is 43.9 Å². The Morgan fingerprint density at radius 1 is 1.07 bits per heavy atom. The van der Waals surface area contributed by atoms with Crippen molar-refractivity contribution in [2.75, 3.05) is 13.2 Å². The van der Waals surface area contributed by atoms with Gasteiger partial charge in [-0.05, 0) is 30.2 Å². The first-order valence-electron chi connectivity index (χ1n) is 9.74. The smallest absolute Gasteiger partial charge is 0.251 e. The van der Waals surface area contributed by atoms with E-state index in [0.29, 0.717) is 12.1 Å². The summed E-state index contributed by atoms with van der Waals surface area (Å²) < 4.78 is 0. The van der Waals surface area contributed by atoms with E-state index in [1.165, 1.54) is 0 Å². The summed E-state index contributed by atoms with van der Waals surface area (Å²) in [4.78, 5) is 14.2. The van der Waals surface area contributed by atoms with Gasteiger partial charge < -0.3 is 25.7 Å². The van der Waals surface area contributed by atoms with Gasteiger partial charge >= 0.3 is 0 Å². The lowest BCUT2D eigenvalue weighted by molar-refractivity contribution is -0.147. The molecule has 1 unspecified atom stereocenters. The Balaban J connectivity index is 1.63. The van der Waals surface area contributed by atoms with E-state index >= 15 is 0 Å². The summed E-state index contributed by atoms with van der Waals surface area (Å²) >= 11 is 0. The number of hydrogen-bond acceptors (Lipinski definition) is 6. The lowest BCUT2D eigenvalue weighted by Gasteiger charge is -2.43. The summed E-state index contributed by atoms with van der Waals surface area (Å²) in [5, 5.41) is 42.3. The van der Waals surface area contributed by atoms with Gasteiger partial charge in [-0.25, -0.2) is 0 Å². The summed E-state index contributed by atoms with van der Waals surface area (Å²) in [5.74, 6) is -0.173. The van der Waals surface area contributed by atoms with Gasteiger partial charge in [0.05, 0.1) is 24.8 Å². The van der Waals surface area contributed by atoms with E-state index in [1.54, 1.807) is 29.2 Å². The van der Waals surface area contributed by atoms with Gasteiger partial charge in [-0.1, -0.05) is 42.5 Å². The number of β-amino-alcohol motifs (C(OH)–C–C–N with tert-alkyl or cyclic N) is 1. The first-order chi connectivity index (χ1) is 13.9. The molecule has 0 aromatic heterocycles. The first kappa shape index (κ1) is 21.4. The Labute approximate surface area is 170 Å². The molecule has 1 aliphatic rings. The zero-order valence-corrected chi connectivity index (χ0v) is 16.3. The lowest BCUT2D eigenvalue weighted by atomic mass is 9.93. The van der Waals surface area contributed by atoms with Crippen LogP contribution >= 0.6 is 0 Å². The third kappa shape index (κ3) is 5.01. The molecule has 0 bridgehead atoms. The molecule has 7 heteroatoms. The summed E-state index contributed by atoms with van der Waals surface area (Å²) in [7, 11) is 0. The molecular formula is C22H28N2O5. The Kier molecular flexibility index (Phi) is 7.00. The highest BCUT2D eigenvalue weighted by atomic mass is 16.4. The molecule has 156 valence electrons. The minimum absolute atomic E-state index is 0.114. The van der Waals surface area contributed by atoms with Gasteiger partial charge in [-0.3, -0.25) is 9.69 Å². The zero-order valence-electron chi connectivity index (χ0n) is 16.3. The molecule has 0 saturated carbocycles. The largest absolute Gasteiger partial charge is 0.395 e. The fourth-order valence-corrected chi connectivity index (χ4v) is 3.66. The van der Waals surface area contributed by atoms with Crippen molar-refractivity contribution in [1.29, 1.82) is 0 Å². The van der Waals surface area contributed by atoms with Crippen LogP contribution in [0, 0.1) is 0 Å². The highest BCUT2D eigenvalue weighted by Crippen LogP contribution is 2.21. The van der Waals surface area contributed by atoms with E-state index in [-0.39, 0.29) is 25.1 Å². The molecule has 0 radical (unpaired) electrons. The fourth-order valence-electron chi connectivity index (χ4n) is 3.66. The maximum Gasteiger partial charge on any atom is 0.251 e. The number of nitrogens with one attached hydrogen (secondary N) is 1. The van der Waals surface area contributed by atoms with Crippen LogP contribution in [0.4, 0.5) is 0 Å². The highest BCUT2D eigenvalue weighted by molar-refractivity contribution is 5.94.